The third kappa shape index (κ3) is 2.65. The Kier molecular flexibility index (Phi) is 3.87. The quantitative estimate of drug-likeness (QED) is 0.511. The summed E-state index contributed by atoms with van der Waals surface area (Å²) in [6, 6.07) is 17.0. The van der Waals surface area contributed by atoms with Gasteiger partial charge in [-0.3, -0.25) is 4.98 Å². The van der Waals surface area contributed by atoms with E-state index >= 15 is 0 Å². The molecule has 0 bridgehead atoms. The van der Waals surface area contributed by atoms with Gasteiger partial charge < -0.3 is 4.90 Å². The Bertz CT molecular complexity index is 1030. The van der Waals surface area contributed by atoms with E-state index in [4.69, 9.17) is 9.97 Å². The zero-order valence-corrected chi connectivity index (χ0v) is 15.1. The highest BCUT2D eigenvalue weighted by molar-refractivity contribution is 7.10. The molecular formula is C21H18N4S. The molecule has 4 aromatic rings. The van der Waals surface area contributed by atoms with E-state index in [-0.39, 0.29) is 0 Å². The van der Waals surface area contributed by atoms with Crippen LogP contribution in [0.1, 0.15) is 23.8 Å². The lowest BCUT2D eigenvalue weighted by atomic mass is 10.1. The number of aromatic nitrogens is 3. The lowest BCUT2D eigenvalue weighted by molar-refractivity contribution is 0.727. The lowest BCUT2D eigenvalue weighted by Gasteiger charge is -2.26. The SMILES string of the molecule is c1cncc(-c2nc(N3CCC[C@H]3c3cccs3)c3ccccc3n2)c1. The Balaban J connectivity index is 1.69. The number of nitrogens with zero attached hydrogens (tertiary/aromatic N) is 4. The number of rotatable bonds is 3. The molecule has 1 aliphatic heterocycles. The average molecular weight is 358 g/mol. The first-order valence-electron chi connectivity index (χ1n) is 8.87. The number of para-hydroxylation sites is 1. The third-order valence-electron chi connectivity index (χ3n) is 4.90. The number of hydrogen-bond donors (Lipinski definition) is 0. The van der Waals surface area contributed by atoms with Crippen molar-refractivity contribution in [2.24, 2.45) is 0 Å². The molecule has 26 heavy (non-hydrogen) atoms. The van der Waals surface area contributed by atoms with Gasteiger partial charge in [0.1, 0.15) is 5.82 Å². The highest BCUT2D eigenvalue weighted by Crippen LogP contribution is 2.40. The standard InChI is InChI=1S/C21H18N4S/c1-2-8-17-16(7-1)21(24-20(23-17)15-6-3-11-22-14-15)25-12-4-9-18(25)19-10-5-13-26-19/h1-3,5-8,10-11,13-14,18H,4,9,12H2/t18-/m0/s1. The van der Waals surface area contributed by atoms with Crippen LogP contribution in [-0.2, 0) is 0 Å². The second-order valence-corrected chi connectivity index (χ2v) is 7.48. The van der Waals surface area contributed by atoms with Gasteiger partial charge >= 0.3 is 0 Å². The summed E-state index contributed by atoms with van der Waals surface area (Å²) < 4.78 is 0. The average Bonchev–Trinajstić information content (AvgIpc) is 3.39. The molecule has 5 heteroatoms. The molecule has 5 rings (SSSR count). The molecule has 0 radical (unpaired) electrons. The number of pyridine rings is 1. The van der Waals surface area contributed by atoms with E-state index in [1.54, 1.807) is 6.20 Å². The molecule has 1 atom stereocenters. The summed E-state index contributed by atoms with van der Waals surface area (Å²) in [6.07, 6.45) is 5.96. The van der Waals surface area contributed by atoms with Gasteiger partial charge in [0.15, 0.2) is 5.82 Å². The molecule has 0 amide bonds. The molecule has 0 spiro atoms. The van der Waals surface area contributed by atoms with E-state index in [9.17, 15) is 0 Å². The minimum Gasteiger partial charge on any atom is -0.348 e. The number of thiophene rings is 1. The number of anilines is 1. The van der Waals surface area contributed by atoms with E-state index < -0.39 is 0 Å². The van der Waals surface area contributed by atoms with E-state index in [0.29, 0.717) is 6.04 Å². The lowest BCUT2D eigenvalue weighted by Crippen LogP contribution is -2.23. The van der Waals surface area contributed by atoms with E-state index in [0.717, 1.165) is 34.7 Å². The summed E-state index contributed by atoms with van der Waals surface area (Å²) in [5, 5.41) is 3.27. The highest BCUT2D eigenvalue weighted by atomic mass is 32.1. The topological polar surface area (TPSA) is 41.9 Å². The van der Waals surface area contributed by atoms with Gasteiger partial charge in [0.05, 0.1) is 11.6 Å². The van der Waals surface area contributed by atoms with Crippen LogP contribution in [0, 0.1) is 0 Å². The normalized spacial score (nSPS) is 17.1. The monoisotopic (exact) mass is 358 g/mol. The molecule has 1 aromatic carbocycles. The van der Waals surface area contributed by atoms with Crippen LogP contribution in [0.3, 0.4) is 0 Å². The predicted molar refractivity (Wildman–Crippen MR) is 106 cm³/mol. The maximum atomic E-state index is 4.99. The molecular weight excluding hydrogens is 340 g/mol. The predicted octanol–water partition coefficient (Wildman–Crippen LogP) is 5.09. The molecule has 128 valence electrons. The Labute approximate surface area is 156 Å². The molecule has 0 saturated carbocycles. The van der Waals surface area contributed by atoms with Gasteiger partial charge in [0, 0.05) is 34.8 Å². The van der Waals surface area contributed by atoms with E-state index in [2.05, 4.69) is 45.6 Å². The molecule has 3 aromatic heterocycles. The van der Waals surface area contributed by atoms with E-state index in [1.165, 1.54) is 17.7 Å². The van der Waals surface area contributed by atoms with Crippen LogP contribution in [0.2, 0.25) is 0 Å². The van der Waals surface area contributed by atoms with Gasteiger partial charge in [-0.1, -0.05) is 18.2 Å². The van der Waals surface area contributed by atoms with Gasteiger partial charge in [-0.05, 0) is 48.6 Å². The Morgan fingerprint density at radius 1 is 1.00 bits per heavy atom. The summed E-state index contributed by atoms with van der Waals surface area (Å²) in [5.74, 6) is 1.77. The smallest absolute Gasteiger partial charge is 0.163 e. The Morgan fingerprint density at radius 3 is 2.81 bits per heavy atom. The fourth-order valence-electron chi connectivity index (χ4n) is 3.70. The summed E-state index contributed by atoms with van der Waals surface area (Å²) in [7, 11) is 0. The first-order valence-corrected chi connectivity index (χ1v) is 9.75. The fourth-order valence-corrected chi connectivity index (χ4v) is 4.57. The summed E-state index contributed by atoms with van der Waals surface area (Å²) >= 11 is 1.83. The maximum absolute atomic E-state index is 4.99. The maximum Gasteiger partial charge on any atom is 0.163 e. The van der Waals surface area contributed by atoms with Crippen LogP contribution in [0.25, 0.3) is 22.3 Å². The van der Waals surface area contributed by atoms with Crippen LogP contribution in [-0.4, -0.2) is 21.5 Å². The van der Waals surface area contributed by atoms with Crippen molar-refractivity contribution in [3.05, 3.63) is 71.2 Å². The Hall–Kier alpha value is -2.79. The van der Waals surface area contributed by atoms with E-state index in [1.807, 2.05) is 35.7 Å². The minimum atomic E-state index is 0.398. The van der Waals surface area contributed by atoms with Crippen LogP contribution in [0.4, 0.5) is 5.82 Å². The van der Waals surface area contributed by atoms with Crippen molar-refractivity contribution < 1.29 is 0 Å². The van der Waals surface area contributed by atoms with Gasteiger partial charge in [-0.2, -0.15) is 0 Å². The minimum absolute atomic E-state index is 0.398. The molecule has 1 fully saturated rings. The number of benzene rings is 1. The second-order valence-electron chi connectivity index (χ2n) is 6.50. The third-order valence-corrected chi connectivity index (χ3v) is 5.87. The number of hydrogen-bond acceptors (Lipinski definition) is 5. The molecule has 0 N–H and O–H groups in total. The van der Waals surface area contributed by atoms with Gasteiger partial charge in [-0.15, -0.1) is 11.3 Å². The van der Waals surface area contributed by atoms with Crippen molar-refractivity contribution in [3.63, 3.8) is 0 Å². The Morgan fingerprint density at radius 2 is 1.96 bits per heavy atom. The summed E-state index contributed by atoms with van der Waals surface area (Å²) in [5.41, 5.74) is 1.93. The van der Waals surface area contributed by atoms with Crippen molar-refractivity contribution in [3.8, 4) is 11.4 Å². The van der Waals surface area contributed by atoms with Crippen LogP contribution in [0.15, 0.2) is 66.3 Å². The molecule has 1 saturated heterocycles. The second kappa shape index (κ2) is 6.50. The summed E-state index contributed by atoms with van der Waals surface area (Å²) in [6.45, 7) is 1.02. The van der Waals surface area contributed by atoms with Gasteiger partial charge in [0.25, 0.3) is 0 Å². The molecule has 4 nitrogen and oxygen atoms in total. The largest absolute Gasteiger partial charge is 0.348 e. The first-order chi connectivity index (χ1) is 12.9. The van der Waals surface area contributed by atoms with Gasteiger partial charge in [0.2, 0.25) is 0 Å². The fraction of sp³-hybridized carbons (Fsp3) is 0.190. The molecule has 4 heterocycles. The number of fused-ring (bicyclic) bond motifs is 1. The molecule has 1 aliphatic rings. The molecule has 0 unspecified atom stereocenters. The van der Waals surface area contributed by atoms with Crippen molar-refractivity contribution in [1.29, 1.82) is 0 Å². The van der Waals surface area contributed by atoms with Crippen LogP contribution < -0.4 is 4.90 Å². The van der Waals surface area contributed by atoms with Crippen molar-refractivity contribution in [1.82, 2.24) is 15.0 Å². The van der Waals surface area contributed by atoms with Crippen LogP contribution in [0.5, 0.6) is 0 Å². The van der Waals surface area contributed by atoms with Crippen molar-refractivity contribution in [2.75, 3.05) is 11.4 Å². The highest BCUT2D eigenvalue weighted by Gasteiger charge is 2.29. The first kappa shape index (κ1) is 15.5. The zero-order chi connectivity index (χ0) is 17.3. The van der Waals surface area contributed by atoms with Crippen molar-refractivity contribution >= 4 is 28.1 Å². The van der Waals surface area contributed by atoms with Gasteiger partial charge in [-0.25, -0.2) is 9.97 Å². The van der Waals surface area contributed by atoms with Crippen LogP contribution >= 0.6 is 11.3 Å². The summed E-state index contributed by atoms with van der Waals surface area (Å²) in [4.78, 5) is 17.9. The molecule has 0 aliphatic carbocycles. The zero-order valence-electron chi connectivity index (χ0n) is 14.2. The van der Waals surface area contributed by atoms with Crippen molar-refractivity contribution in [2.45, 2.75) is 18.9 Å².